The number of amides is 1. The predicted octanol–water partition coefficient (Wildman–Crippen LogP) is 2.93. The number of alkyl halides is 3. The molecule has 0 radical (unpaired) electrons. The van der Waals surface area contributed by atoms with Crippen molar-refractivity contribution in [2.45, 2.75) is 11.1 Å². The first kappa shape index (κ1) is 21.7. The molecular weight excluding hydrogens is 423 g/mol. The summed E-state index contributed by atoms with van der Waals surface area (Å²) in [7, 11) is -4.63. The Labute approximate surface area is 160 Å². The van der Waals surface area contributed by atoms with Gasteiger partial charge in [-0.25, -0.2) is 8.42 Å². The van der Waals surface area contributed by atoms with Gasteiger partial charge in [0.25, 0.3) is 11.4 Å². The van der Waals surface area contributed by atoms with E-state index in [0.29, 0.717) is 24.3 Å². The van der Waals surface area contributed by atoms with Gasteiger partial charge in [-0.05, 0) is 24.3 Å². The Morgan fingerprint density at radius 3 is 2.24 bits per heavy atom. The van der Waals surface area contributed by atoms with Gasteiger partial charge in [0, 0.05) is 11.8 Å². The van der Waals surface area contributed by atoms with Gasteiger partial charge in [0.1, 0.15) is 10.6 Å². The normalized spacial score (nSPS) is 11.7. The van der Waals surface area contributed by atoms with E-state index in [1.165, 1.54) is 0 Å². The molecule has 0 spiro atoms. The van der Waals surface area contributed by atoms with Crippen LogP contribution in [0.15, 0.2) is 47.4 Å². The Morgan fingerprint density at radius 2 is 1.69 bits per heavy atom. The van der Waals surface area contributed by atoms with E-state index in [4.69, 9.17) is 0 Å². The van der Waals surface area contributed by atoms with Crippen molar-refractivity contribution in [2.24, 2.45) is 0 Å². The lowest BCUT2D eigenvalue weighted by atomic mass is 10.2. The van der Waals surface area contributed by atoms with Crippen LogP contribution in [0.25, 0.3) is 0 Å². The highest BCUT2D eigenvalue weighted by Crippen LogP contribution is 2.31. The van der Waals surface area contributed by atoms with E-state index in [1.807, 2.05) is 5.32 Å². The van der Waals surface area contributed by atoms with Crippen molar-refractivity contribution < 1.29 is 36.2 Å². The predicted molar refractivity (Wildman–Crippen MR) is 91.9 cm³/mol. The van der Waals surface area contributed by atoms with E-state index in [1.54, 1.807) is 0 Å². The average Bonchev–Trinajstić information content (AvgIpc) is 2.60. The number of nitrogens with one attached hydrogen (secondary N) is 1. The molecule has 10 nitrogen and oxygen atoms in total. The zero-order valence-electron chi connectivity index (χ0n) is 14.0. The molecule has 0 aromatic heterocycles. The quantitative estimate of drug-likeness (QED) is 0.543. The van der Waals surface area contributed by atoms with Gasteiger partial charge in [-0.3, -0.25) is 25.0 Å². The number of carbonyl (C=O) groups is 1. The second-order valence-corrected chi connectivity index (χ2v) is 7.51. The molecule has 154 valence electrons. The summed E-state index contributed by atoms with van der Waals surface area (Å²) in [6.45, 7) is 0. The van der Waals surface area contributed by atoms with Gasteiger partial charge < -0.3 is 5.32 Å². The third kappa shape index (κ3) is 5.25. The Bertz CT molecular complexity index is 1100. The van der Waals surface area contributed by atoms with Crippen LogP contribution >= 0.6 is 0 Å². The molecule has 14 heteroatoms. The highest BCUT2D eigenvalue weighted by Gasteiger charge is 2.32. The Balaban J connectivity index is 2.29. The van der Waals surface area contributed by atoms with Crippen molar-refractivity contribution in [3.8, 4) is 0 Å². The van der Waals surface area contributed by atoms with Gasteiger partial charge in [-0.15, -0.1) is 0 Å². The summed E-state index contributed by atoms with van der Waals surface area (Å²) in [4.78, 5) is 30.7. The molecule has 0 atom stereocenters. The van der Waals surface area contributed by atoms with Gasteiger partial charge in [0.15, 0.2) is 9.84 Å². The summed E-state index contributed by atoms with van der Waals surface area (Å²) in [5, 5.41) is 23.7. The number of sulfone groups is 1. The van der Waals surface area contributed by atoms with Crippen LogP contribution in [0.3, 0.4) is 0 Å². The van der Waals surface area contributed by atoms with Crippen molar-refractivity contribution >= 4 is 32.8 Å². The van der Waals surface area contributed by atoms with Crippen LogP contribution in [0, 0.1) is 20.2 Å². The van der Waals surface area contributed by atoms with Crippen LogP contribution in [0.2, 0.25) is 0 Å². The lowest BCUT2D eigenvalue weighted by Gasteiger charge is -2.10. The summed E-state index contributed by atoms with van der Waals surface area (Å²) in [6, 6.07) is 5.17. The molecule has 2 rings (SSSR count). The minimum Gasteiger partial charge on any atom is -0.325 e. The lowest BCUT2D eigenvalue weighted by molar-refractivity contribution is -0.396. The molecule has 0 heterocycles. The number of carbonyl (C=O) groups excluding carboxylic acids is 1. The minimum atomic E-state index is -4.69. The summed E-state index contributed by atoms with van der Waals surface area (Å²) in [5.41, 5.74) is -3.25. The molecule has 1 amide bonds. The summed E-state index contributed by atoms with van der Waals surface area (Å²) < 4.78 is 62.8. The number of hydrogen-bond acceptors (Lipinski definition) is 7. The summed E-state index contributed by atoms with van der Waals surface area (Å²) in [6.07, 6.45) is -4.69. The monoisotopic (exact) mass is 433 g/mol. The van der Waals surface area contributed by atoms with Crippen molar-refractivity contribution in [3.63, 3.8) is 0 Å². The maximum atomic E-state index is 12.7. The molecule has 0 fully saturated rings. The number of nitrogens with zero attached hydrogens (tertiary/aromatic N) is 2. The fourth-order valence-corrected chi connectivity index (χ4v) is 3.55. The molecule has 0 aliphatic rings. The first-order valence-electron chi connectivity index (χ1n) is 7.44. The standard InChI is InChI=1S/C15H10F3N3O7S/c16-15(17,18)9-2-1-3-10(6-9)19-14(22)8-29(27,28)13-5-4-11(20(23)24)7-12(13)21(25)26/h1-7H,8H2,(H,19,22). The van der Waals surface area contributed by atoms with Crippen LogP contribution in [0.1, 0.15) is 5.56 Å². The van der Waals surface area contributed by atoms with Crippen molar-refractivity contribution in [1.82, 2.24) is 0 Å². The summed E-state index contributed by atoms with van der Waals surface area (Å²) in [5.74, 6) is -2.58. The van der Waals surface area contributed by atoms with E-state index < -0.39 is 59.4 Å². The van der Waals surface area contributed by atoms with Gasteiger partial charge in [-0.2, -0.15) is 13.2 Å². The number of non-ortho nitro benzene ring substituents is 1. The van der Waals surface area contributed by atoms with Crippen LogP contribution < -0.4 is 5.32 Å². The maximum Gasteiger partial charge on any atom is 0.416 e. The first-order chi connectivity index (χ1) is 13.3. The topological polar surface area (TPSA) is 150 Å². The molecule has 2 aromatic rings. The molecule has 0 aliphatic heterocycles. The number of rotatable bonds is 6. The molecule has 0 saturated heterocycles. The summed E-state index contributed by atoms with van der Waals surface area (Å²) >= 11 is 0. The zero-order valence-corrected chi connectivity index (χ0v) is 14.9. The Morgan fingerprint density at radius 1 is 1.03 bits per heavy atom. The van der Waals surface area contributed by atoms with Gasteiger partial charge in [0.2, 0.25) is 5.91 Å². The molecular formula is C15H10F3N3O7S. The SMILES string of the molecule is O=C(CS(=O)(=O)c1ccc([N+](=O)[O-])cc1[N+](=O)[O-])Nc1cccc(C(F)(F)F)c1. The van der Waals surface area contributed by atoms with Crippen molar-refractivity contribution in [1.29, 1.82) is 0 Å². The molecule has 0 bridgehead atoms. The van der Waals surface area contributed by atoms with Crippen molar-refractivity contribution in [2.75, 3.05) is 11.1 Å². The molecule has 0 saturated carbocycles. The van der Waals surface area contributed by atoms with E-state index in [-0.39, 0.29) is 5.69 Å². The number of nitro groups is 2. The average molecular weight is 433 g/mol. The first-order valence-corrected chi connectivity index (χ1v) is 9.09. The number of anilines is 1. The molecule has 2 aromatic carbocycles. The van der Waals surface area contributed by atoms with E-state index in [2.05, 4.69) is 0 Å². The van der Waals surface area contributed by atoms with Crippen LogP contribution in [-0.4, -0.2) is 29.9 Å². The largest absolute Gasteiger partial charge is 0.416 e. The number of nitro benzene ring substituents is 2. The van der Waals surface area contributed by atoms with Gasteiger partial charge >= 0.3 is 6.18 Å². The number of benzene rings is 2. The maximum absolute atomic E-state index is 12.7. The van der Waals surface area contributed by atoms with E-state index in [9.17, 15) is 46.6 Å². The van der Waals surface area contributed by atoms with Crippen LogP contribution in [0.5, 0.6) is 0 Å². The van der Waals surface area contributed by atoms with Gasteiger partial charge in [0.05, 0.1) is 21.5 Å². The van der Waals surface area contributed by atoms with Crippen LogP contribution in [0.4, 0.5) is 30.2 Å². The highest BCUT2D eigenvalue weighted by atomic mass is 32.2. The second kappa shape index (κ2) is 7.83. The molecule has 1 N–H and O–H groups in total. The second-order valence-electron chi connectivity index (χ2n) is 5.55. The third-order valence-corrected chi connectivity index (χ3v) is 5.14. The zero-order chi connectivity index (χ0) is 22.0. The van der Waals surface area contributed by atoms with Crippen LogP contribution in [-0.2, 0) is 20.8 Å². The number of hydrogen-bond donors (Lipinski definition) is 1. The molecule has 0 unspecified atom stereocenters. The Kier molecular flexibility index (Phi) is 5.87. The fraction of sp³-hybridized carbons (Fsp3) is 0.133. The fourth-order valence-electron chi connectivity index (χ4n) is 2.25. The smallest absolute Gasteiger partial charge is 0.325 e. The van der Waals surface area contributed by atoms with E-state index >= 15 is 0 Å². The van der Waals surface area contributed by atoms with Crippen molar-refractivity contribution in [3.05, 3.63) is 68.3 Å². The van der Waals surface area contributed by atoms with E-state index in [0.717, 1.165) is 18.2 Å². The number of halogens is 3. The molecule has 0 aliphatic carbocycles. The lowest BCUT2D eigenvalue weighted by Crippen LogP contribution is -2.23. The van der Waals surface area contributed by atoms with Gasteiger partial charge in [-0.1, -0.05) is 6.07 Å². The molecule has 29 heavy (non-hydrogen) atoms. The highest BCUT2D eigenvalue weighted by molar-refractivity contribution is 7.92. The third-order valence-electron chi connectivity index (χ3n) is 3.48. The minimum absolute atomic E-state index is 0.335. The Hall–Kier alpha value is -3.55.